The van der Waals surface area contributed by atoms with Crippen LogP contribution < -0.4 is 10.9 Å². The number of likely N-dealkylation sites (tertiary alicyclic amines) is 1. The predicted octanol–water partition coefficient (Wildman–Crippen LogP) is 2.43. The number of pyridine rings is 1. The van der Waals surface area contributed by atoms with Gasteiger partial charge < -0.3 is 14.8 Å². The van der Waals surface area contributed by atoms with Gasteiger partial charge in [0.2, 0.25) is 0 Å². The van der Waals surface area contributed by atoms with Crippen LogP contribution in [0.5, 0.6) is 0 Å². The van der Waals surface area contributed by atoms with Crippen molar-refractivity contribution in [3.63, 3.8) is 0 Å². The topological polar surface area (TPSA) is 54.3 Å². The molecule has 4 rings (SSSR count). The van der Waals surface area contributed by atoms with Gasteiger partial charge in [-0.3, -0.25) is 9.59 Å². The van der Waals surface area contributed by atoms with Crippen LogP contribution in [0.4, 0.5) is 4.39 Å². The maximum Gasteiger partial charge on any atom is 0.263 e. The number of amides is 1. The maximum absolute atomic E-state index is 13.9. The number of fused-ring (bicyclic) bond motifs is 1. The Kier molecular flexibility index (Phi) is 4.83. The fraction of sp³-hybridized carbons (Fsp3) is 0.455. The molecule has 0 radical (unpaired) electrons. The molecule has 28 heavy (non-hydrogen) atoms. The lowest BCUT2D eigenvalue weighted by molar-refractivity contribution is 0.0711. The van der Waals surface area contributed by atoms with Gasteiger partial charge in [0.25, 0.3) is 11.5 Å². The van der Waals surface area contributed by atoms with Gasteiger partial charge in [-0.2, -0.15) is 0 Å². The predicted molar refractivity (Wildman–Crippen MR) is 106 cm³/mol. The Labute approximate surface area is 164 Å². The van der Waals surface area contributed by atoms with Crippen molar-refractivity contribution >= 4 is 5.91 Å². The third-order valence-electron chi connectivity index (χ3n) is 6.34. The molecule has 148 valence electrons. The number of rotatable bonds is 3. The number of halogens is 1. The molecule has 2 aliphatic rings. The van der Waals surface area contributed by atoms with E-state index in [1.54, 1.807) is 28.6 Å². The second kappa shape index (κ2) is 7.17. The van der Waals surface area contributed by atoms with Crippen LogP contribution in [-0.4, -0.2) is 35.0 Å². The zero-order chi connectivity index (χ0) is 20.0. The summed E-state index contributed by atoms with van der Waals surface area (Å²) in [6, 6.07) is 7.98. The van der Waals surface area contributed by atoms with Crippen LogP contribution in [0.25, 0.3) is 0 Å². The molecule has 0 unspecified atom stereocenters. The van der Waals surface area contributed by atoms with E-state index in [4.69, 9.17) is 0 Å². The highest BCUT2D eigenvalue weighted by Crippen LogP contribution is 2.43. The van der Waals surface area contributed by atoms with Crippen molar-refractivity contribution < 1.29 is 9.18 Å². The molecule has 3 heterocycles. The Bertz CT molecular complexity index is 984. The van der Waals surface area contributed by atoms with E-state index in [-0.39, 0.29) is 34.8 Å². The van der Waals surface area contributed by atoms with E-state index < -0.39 is 0 Å². The van der Waals surface area contributed by atoms with Crippen LogP contribution in [0.2, 0.25) is 0 Å². The van der Waals surface area contributed by atoms with Crippen LogP contribution in [0.15, 0.2) is 35.1 Å². The highest BCUT2D eigenvalue weighted by Gasteiger charge is 2.47. The number of benzene rings is 1. The van der Waals surface area contributed by atoms with Crippen molar-refractivity contribution in [1.82, 2.24) is 14.8 Å². The van der Waals surface area contributed by atoms with E-state index in [1.165, 1.54) is 12.1 Å². The highest BCUT2D eigenvalue weighted by molar-refractivity contribution is 5.94. The lowest BCUT2D eigenvalue weighted by atomic mass is 9.89. The first-order valence-corrected chi connectivity index (χ1v) is 9.89. The summed E-state index contributed by atoms with van der Waals surface area (Å²) in [7, 11) is 1.72. The summed E-state index contributed by atoms with van der Waals surface area (Å²) in [5, 5.41) is 3.38. The molecule has 2 aromatic rings. The SMILES string of the molecule is CCc1c(C)cc(C(=O)N2C[C@@H]3CNC[C@@H]3[C@H]2c2cccc(F)c2)c(=O)n1C. The van der Waals surface area contributed by atoms with Crippen molar-refractivity contribution in [2.75, 3.05) is 19.6 Å². The Balaban J connectivity index is 1.77. The van der Waals surface area contributed by atoms with Gasteiger partial charge in [0, 0.05) is 38.3 Å². The zero-order valence-corrected chi connectivity index (χ0v) is 16.5. The Morgan fingerprint density at radius 1 is 1.29 bits per heavy atom. The van der Waals surface area contributed by atoms with Crippen LogP contribution in [0, 0.1) is 24.6 Å². The molecule has 0 saturated carbocycles. The van der Waals surface area contributed by atoms with Crippen molar-refractivity contribution in [2.24, 2.45) is 18.9 Å². The minimum absolute atomic E-state index is 0.200. The number of nitrogens with one attached hydrogen (secondary N) is 1. The molecule has 6 heteroatoms. The summed E-state index contributed by atoms with van der Waals surface area (Å²) in [5.74, 6) is -0.0175. The molecule has 2 saturated heterocycles. The molecule has 2 aliphatic heterocycles. The molecule has 0 spiro atoms. The van der Waals surface area contributed by atoms with Crippen LogP contribution in [-0.2, 0) is 13.5 Å². The quantitative estimate of drug-likeness (QED) is 0.886. The second-order valence-electron chi connectivity index (χ2n) is 7.94. The molecule has 1 amide bonds. The van der Waals surface area contributed by atoms with Gasteiger partial charge in [0.05, 0.1) is 6.04 Å². The van der Waals surface area contributed by atoms with Crippen molar-refractivity contribution in [1.29, 1.82) is 0 Å². The second-order valence-corrected chi connectivity index (χ2v) is 7.94. The number of hydrogen-bond donors (Lipinski definition) is 1. The van der Waals surface area contributed by atoms with Gasteiger partial charge in [-0.25, -0.2) is 4.39 Å². The molecule has 1 aromatic heterocycles. The van der Waals surface area contributed by atoms with Crippen molar-refractivity contribution in [3.05, 3.63) is 68.9 Å². The van der Waals surface area contributed by atoms with E-state index in [2.05, 4.69) is 5.32 Å². The van der Waals surface area contributed by atoms with Gasteiger partial charge in [-0.15, -0.1) is 0 Å². The van der Waals surface area contributed by atoms with Gasteiger partial charge in [0.1, 0.15) is 11.4 Å². The van der Waals surface area contributed by atoms with E-state index in [0.29, 0.717) is 12.5 Å². The Morgan fingerprint density at radius 3 is 2.79 bits per heavy atom. The summed E-state index contributed by atoms with van der Waals surface area (Å²) < 4.78 is 15.5. The Morgan fingerprint density at radius 2 is 2.07 bits per heavy atom. The molecule has 1 aromatic carbocycles. The molecule has 0 aliphatic carbocycles. The number of hydrogen-bond acceptors (Lipinski definition) is 3. The van der Waals surface area contributed by atoms with E-state index >= 15 is 0 Å². The van der Waals surface area contributed by atoms with Gasteiger partial charge in [0.15, 0.2) is 0 Å². The summed E-state index contributed by atoms with van der Waals surface area (Å²) in [4.78, 5) is 28.1. The average Bonchev–Trinajstić information content (AvgIpc) is 3.25. The first-order valence-electron chi connectivity index (χ1n) is 9.89. The van der Waals surface area contributed by atoms with Gasteiger partial charge in [-0.1, -0.05) is 19.1 Å². The largest absolute Gasteiger partial charge is 0.331 e. The lowest BCUT2D eigenvalue weighted by Crippen LogP contribution is -2.39. The van der Waals surface area contributed by atoms with Crippen LogP contribution in [0.3, 0.4) is 0 Å². The number of aryl methyl sites for hydroxylation is 1. The first-order chi connectivity index (χ1) is 13.4. The molecular formula is C22H26FN3O2. The molecule has 2 fully saturated rings. The standard InChI is InChI=1S/C22H26FN3O2/c1-4-19-13(2)8-17(21(27)25(19)3)22(28)26-12-15-10-24-11-18(15)20(26)14-6-5-7-16(23)9-14/h5-9,15,18,20,24H,4,10-12H2,1-3H3/t15-,18-,20+/m0/s1. The first kappa shape index (κ1) is 18.9. The third-order valence-corrected chi connectivity index (χ3v) is 6.34. The average molecular weight is 383 g/mol. The fourth-order valence-corrected chi connectivity index (χ4v) is 5.00. The Hall–Kier alpha value is -2.47. The fourth-order valence-electron chi connectivity index (χ4n) is 5.00. The molecule has 0 bridgehead atoms. The monoisotopic (exact) mass is 383 g/mol. The van der Waals surface area contributed by atoms with E-state index in [1.807, 2.05) is 19.9 Å². The van der Waals surface area contributed by atoms with E-state index in [0.717, 1.165) is 36.3 Å². The summed E-state index contributed by atoms with van der Waals surface area (Å²) in [5.41, 5.74) is 2.61. The van der Waals surface area contributed by atoms with Gasteiger partial charge >= 0.3 is 0 Å². The third kappa shape index (κ3) is 2.96. The highest BCUT2D eigenvalue weighted by atomic mass is 19.1. The number of carbonyl (C=O) groups is 1. The van der Waals surface area contributed by atoms with E-state index in [9.17, 15) is 14.0 Å². The van der Waals surface area contributed by atoms with Crippen LogP contribution in [0.1, 0.15) is 40.1 Å². The lowest BCUT2D eigenvalue weighted by Gasteiger charge is -2.29. The smallest absolute Gasteiger partial charge is 0.263 e. The summed E-state index contributed by atoms with van der Waals surface area (Å²) in [6.45, 7) is 6.14. The number of nitrogens with zero attached hydrogens (tertiary/aromatic N) is 2. The molecule has 5 nitrogen and oxygen atoms in total. The minimum atomic E-state index is -0.307. The summed E-state index contributed by atoms with van der Waals surface area (Å²) >= 11 is 0. The van der Waals surface area contributed by atoms with Crippen LogP contribution >= 0.6 is 0 Å². The molecule has 3 atom stereocenters. The summed E-state index contributed by atoms with van der Waals surface area (Å²) in [6.07, 6.45) is 0.734. The number of carbonyl (C=O) groups excluding carboxylic acids is 1. The molecule has 1 N–H and O–H groups in total. The minimum Gasteiger partial charge on any atom is -0.331 e. The van der Waals surface area contributed by atoms with Crippen molar-refractivity contribution in [2.45, 2.75) is 26.3 Å². The normalized spacial score (nSPS) is 23.9. The molecular weight excluding hydrogens is 357 g/mol. The van der Waals surface area contributed by atoms with Gasteiger partial charge in [-0.05, 0) is 48.6 Å². The maximum atomic E-state index is 13.9. The zero-order valence-electron chi connectivity index (χ0n) is 16.5. The van der Waals surface area contributed by atoms with Crippen molar-refractivity contribution in [3.8, 4) is 0 Å². The number of aromatic nitrogens is 1.